The number of halogens is 1. The Kier molecular flexibility index (Phi) is 3.60. The van der Waals surface area contributed by atoms with Crippen molar-refractivity contribution in [2.24, 2.45) is 0 Å². The fraction of sp³-hybridized carbons (Fsp3) is 0.500. The second-order valence-electron chi connectivity index (χ2n) is 3.95. The number of hydrogen-bond donors (Lipinski definition) is 1. The zero-order chi connectivity index (χ0) is 9.80. The van der Waals surface area contributed by atoms with Gasteiger partial charge >= 0.3 is 0 Å². The number of hydrogen-bond acceptors (Lipinski definition) is 1. The summed E-state index contributed by atoms with van der Waals surface area (Å²) < 4.78 is 1.17. The van der Waals surface area contributed by atoms with E-state index in [-0.39, 0.29) is 0 Å². The van der Waals surface area contributed by atoms with Gasteiger partial charge in [0, 0.05) is 11.0 Å². The molecule has 2 heteroatoms. The van der Waals surface area contributed by atoms with Crippen LogP contribution < -0.4 is 5.32 Å². The van der Waals surface area contributed by atoms with E-state index in [4.69, 9.17) is 0 Å². The summed E-state index contributed by atoms with van der Waals surface area (Å²) in [6.07, 6.45) is 4.01. The number of rotatable bonds is 1. The van der Waals surface area contributed by atoms with Crippen LogP contribution in [-0.4, -0.2) is 13.1 Å². The Morgan fingerprint density at radius 1 is 1.14 bits per heavy atom. The Hall–Kier alpha value is -0.340. The molecule has 1 aliphatic rings. The molecule has 1 aromatic carbocycles. The second kappa shape index (κ2) is 4.94. The molecule has 14 heavy (non-hydrogen) atoms. The van der Waals surface area contributed by atoms with Crippen molar-refractivity contribution < 1.29 is 0 Å². The van der Waals surface area contributed by atoms with Crippen molar-refractivity contribution in [3.05, 3.63) is 34.3 Å². The first kappa shape index (κ1) is 10.2. The fourth-order valence-corrected chi connectivity index (χ4v) is 2.30. The maximum absolute atomic E-state index is 3.50. The average molecular weight is 254 g/mol. The van der Waals surface area contributed by atoms with Crippen molar-refractivity contribution in [3.8, 4) is 0 Å². The Balaban J connectivity index is 2.08. The Bertz CT molecular complexity index is 273. The molecule has 0 bridgehead atoms. The van der Waals surface area contributed by atoms with Gasteiger partial charge in [0.05, 0.1) is 0 Å². The predicted octanol–water partition coefficient (Wildman–Crippen LogP) is 3.31. The maximum atomic E-state index is 3.50. The van der Waals surface area contributed by atoms with Gasteiger partial charge in [0.2, 0.25) is 0 Å². The van der Waals surface area contributed by atoms with Crippen LogP contribution in [-0.2, 0) is 0 Å². The van der Waals surface area contributed by atoms with Crippen LogP contribution in [0.1, 0.15) is 30.7 Å². The number of nitrogens with one attached hydrogen (secondary N) is 1. The molecule has 2 rings (SSSR count). The predicted molar refractivity (Wildman–Crippen MR) is 63.6 cm³/mol. The van der Waals surface area contributed by atoms with Gasteiger partial charge in [-0.2, -0.15) is 0 Å². The third-order valence-electron chi connectivity index (χ3n) is 2.89. The van der Waals surface area contributed by atoms with E-state index in [1.165, 1.54) is 35.8 Å². The van der Waals surface area contributed by atoms with Crippen molar-refractivity contribution in [2.75, 3.05) is 13.1 Å². The highest BCUT2D eigenvalue weighted by Gasteiger charge is 2.13. The van der Waals surface area contributed by atoms with Crippen LogP contribution in [0.3, 0.4) is 0 Å². The molecule has 1 saturated heterocycles. The first-order valence-corrected chi connectivity index (χ1v) is 6.12. The smallest absolute Gasteiger partial charge is 0.0175 e. The third kappa shape index (κ3) is 2.58. The van der Waals surface area contributed by atoms with Crippen LogP contribution in [0.4, 0.5) is 0 Å². The molecule has 76 valence electrons. The van der Waals surface area contributed by atoms with E-state index in [1.54, 1.807) is 0 Å². The van der Waals surface area contributed by atoms with Gasteiger partial charge in [0.25, 0.3) is 0 Å². The van der Waals surface area contributed by atoms with E-state index < -0.39 is 0 Å². The highest BCUT2D eigenvalue weighted by atomic mass is 79.9. The summed E-state index contributed by atoms with van der Waals surface area (Å²) in [6.45, 7) is 2.33. The molecular weight excluding hydrogens is 238 g/mol. The highest BCUT2D eigenvalue weighted by Crippen LogP contribution is 2.24. The maximum Gasteiger partial charge on any atom is 0.0175 e. The quantitative estimate of drug-likeness (QED) is 0.810. The molecule has 1 N–H and O–H groups in total. The lowest BCUT2D eigenvalue weighted by Gasteiger charge is -2.14. The van der Waals surface area contributed by atoms with Crippen molar-refractivity contribution in [3.63, 3.8) is 0 Å². The summed E-state index contributed by atoms with van der Waals surface area (Å²) >= 11 is 3.47. The van der Waals surface area contributed by atoms with Gasteiger partial charge in [-0.05, 0) is 43.0 Å². The summed E-state index contributed by atoms with van der Waals surface area (Å²) in [5.74, 6) is 0.714. The molecule has 0 saturated carbocycles. The average Bonchev–Trinajstić information content (AvgIpc) is 2.47. The zero-order valence-electron chi connectivity index (χ0n) is 8.30. The minimum atomic E-state index is 0.714. The molecule has 0 aromatic heterocycles. The standard InChI is InChI=1S/C12H16BrN/c13-12-6-4-10(5-7-12)11-3-1-2-8-14-9-11/h4-7,11,14H,1-3,8-9H2. The third-order valence-corrected chi connectivity index (χ3v) is 3.42. The summed E-state index contributed by atoms with van der Waals surface area (Å²) in [5, 5.41) is 3.50. The minimum Gasteiger partial charge on any atom is -0.316 e. The van der Waals surface area contributed by atoms with Crippen LogP contribution >= 0.6 is 15.9 Å². The van der Waals surface area contributed by atoms with Crippen molar-refractivity contribution in [1.82, 2.24) is 5.32 Å². The highest BCUT2D eigenvalue weighted by molar-refractivity contribution is 9.10. The first-order chi connectivity index (χ1) is 6.86. The monoisotopic (exact) mass is 253 g/mol. The summed E-state index contributed by atoms with van der Waals surface area (Å²) in [5.41, 5.74) is 1.47. The normalized spacial score (nSPS) is 23.1. The van der Waals surface area contributed by atoms with Crippen molar-refractivity contribution in [2.45, 2.75) is 25.2 Å². The molecule has 0 radical (unpaired) electrons. The molecular formula is C12H16BrN. The minimum absolute atomic E-state index is 0.714. The van der Waals surface area contributed by atoms with Gasteiger partial charge in [-0.1, -0.05) is 34.5 Å². The molecule has 1 fully saturated rings. The van der Waals surface area contributed by atoms with Crippen LogP contribution in [0.2, 0.25) is 0 Å². The van der Waals surface area contributed by atoms with E-state index in [9.17, 15) is 0 Å². The zero-order valence-corrected chi connectivity index (χ0v) is 9.89. The summed E-state index contributed by atoms with van der Waals surface area (Å²) in [6, 6.07) is 8.75. The second-order valence-corrected chi connectivity index (χ2v) is 4.86. The molecule has 1 atom stereocenters. The van der Waals surface area contributed by atoms with Crippen molar-refractivity contribution >= 4 is 15.9 Å². The first-order valence-electron chi connectivity index (χ1n) is 5.32. The van der Waals surface area contributed by atoms with Gasteiger partial charge in [-0.3, -0.25) is 0 Å². The van der Waals surface area contributed by atoms with E-state index in [0.717, 1.165) is 6.54 Å². The lowest BCUT2D eigenvalue weighted by atomic mass is 9.95. The van der Waals surface area contributed by atoms with Crippen LogP contribution in [0.5, 0.6) is 0 Å². The molecule has 1 nitrogen and oxygen atoms in total. The molecule has 0 aliphatic carbocycles. The van der Waals surface area contributed by atoms with Gasteiger partial charge in [0.1, 0.15) is 0 Å². The molecule has 1 aliphatic heterocycles. The van der Waals surface area contributed by atoms with Crippen molar-refractivity contribution in [1.29, 1.82) is 0 Å². The van der Waals surface area contributed by atoms with E-state index in [2.05, 4.69) is 45.5 Å². The SMILES string of the molecule is Brc1ccc(C2CCCCNC2)cc1. The Labute approximate surface area is 94.0 Å². The van der Waals surface area contributed by atoms with Gasteiger partial charge in [0.15, 0.2) is 0 Å². The van der Waals surface area contributed by atoms with Crippen LogP contribution in [0, 0.1) is 0 Å². The fourth-order valence-electron chi connectivity index (χ4n) is 2.04. The molecule has 1 unspecified atom stereocenters. The summed E-state index contributed by atoms with van der Waals surface area (Å²) in [4.78, 5) is 0. The molecule has 0 spiro atoms. The van der Waals surface area contributed by atoms with Crippen LogP contribution in [0.15, 0.2) is 28.7 Å². The topological polar surface area (TPSA) is 12.0 Å². The largest absolute Gasteiger partial charge is 0.316 e. The van der Waals surface area contributed by atoms with Crippen LogP contribution in [0.25, 0.3) is 0 Å². The van der Waals surface area contributed by atoms with Gasteiger partial charge in [-0.15, -0.1) is 0 Å². The molecule has 1 heterocycles. The van der Waals surface area contributed by atoms with E-state index in [0.29, 0.717) is 5.92 Å². The van der Waals surface area contributed by atoms with E-state index in [1.807, 2.05) is 0 Å². The lowest BCUT2D eigenvalue weighted by Crippen LogP contribution is -2.19. The molecule has 0 amide bonds. The van der Waals surface area contributed by atoms with E-state index >= 15 is 0 Å². The summed E-state index contributed by atoms with van der Waals surface area (Å²) in [7, 11) is 0. The van der Waals surface area contributed by atoms with Gasteiger partial charge in [-0.25, -0.2) is 0 Å². The Morgan fingerprint density at radius 2 is 1.93 bits per heavy atom. The lowest BCUT2D eigenvalue weighted by molar-refractivity contribution is 0.610. The number of benzene rings is 1. The van der Waals surface area contributed by atoms with Gasteiger partial charge < -0.3 is 5.32 Å². The molecule has 1 aromatic rings. The Morgan fingerprint density at radius 3 is 2.71 bits per heavy atom.